The number of furan rings is 1. The second-order valence-electron chi connectivity index (χ2n) is 2.20. The summed E-state index contributed by atoms with van der Waals surface area (Å²) in [6.07, 6.45) is 0.465. The highest BCUT2D eigenvalue weighted by atomic mass is 16.3. The molecule has 0 aliphatic carbocycles. The lowest BCUT2D eigenvalue weighted by Crippen LogP contribution is -2.29. The minimum Gasteiger partial charge on any atom is -0.469 e. The van der Waals surface area contributed by atoms with Gasteiger partial charge in [-0.05, 0) is 12.1 Å². The van der Waals surface area contributed by atoms with E-state index in [1.807, 2.05) is 0 Å². The predicted octanol–water partition coefficient (Wildman–Crippen LogP) is -0.332. The minimum atomic E-state index is -1.15. The van der Waals surface area contributed by atoms with E-state index in [0.29, 0.717) is 5.76 Å². The maximum absolute atomic E-state index is 10.4. The molecule has 4 heteroatoms. The summed E-state index contributed by atoms with van der Waals surface area (Å²) in [5, 5.41) is 8.96. The molecule has 0 fully saturated rings. The summed E-state index contributed by atoms with van der Waals surface area (Å²) in [7, 11) is 0. The molecule has 11 heavy (non-hydrogen) atoms. The zero-order valence-corrected chi connectivity index (χ0v) is 5.86. The third kappa shape index (κ3) is 2.09. The molecule has 0 aromatic carbocycles. The first-order valence-corrected chi connectivity index (χ1v) is 3.20. The fraction of sp³-hybridized carbons (Fsp3) is 0.286. The number of carbonyl (C=O) groups excluding carboxylic acids is 1. The van der Waals surface area contributed by atoms with E-state index in [0.717, 1.165) is 0 Å². The molecule has 1 rings (SSSR count). The molecule has 1 aromatic heterocycles. The van der Waals surface area contributed by atoms with Gasteiger partial charge in [-0.2, -0.15) is 0 Å². The van der Waals surface area contributed by atoms with Gasteiger partial charge in [0, 0.05) is 6.42 Å². The van der Waals surface area contributed by atoms with Crippen molar-refractivity contribution >= 4 is 5.91 Å². The minimum absolute atomic E-state index is 0.141. The van der Waals surface area contributed by atoms with Crippen molar-refractivity contribution < 1.29 is 14.3 Å². The van der Waals surface area contributed by atoms with E-state index >= 15 is 0 Å². The normalized spacial score (nSPS) is 12.8. The van der Waals surface area contributed by atoms with Crippen molar-refractivity contribution in [2.45, 2.75) is 12.5 Å². The van der Waals surface area contributed by atoms with Crippen LogP contribution in [0.1, 0.15) is 5.76 Å². The first-order chi connectivity index (χ1) is 5.20. The van der Waals surface area contributed by atoms with Crippen molar-refractivity contribution in [3.05, 3.63) is 24.2 Å². The van der Waals surface area contributed by atoms with Crippen LogP contribution >= 0.6 is 0 Å². The van der Waals surface area contributed by atoms with Gasteiger partial charge in [0.25, 0.3) is 0 Å². The Balaban J connectivity index is 2.50. The van der Waals surface area contributed by atoms with Gasteiger partial charge in [-0.1, -0.05) is 0 Å². The molecule has 3 N–H and O–H groups in total. The summed E-state index contributed by atoms with van der Waals surface area (Å²) in [6.45, 7) is 0. The van der Waals surface area contributed by atoms with Crippen LogP contribution in [0.15, 0.2) is 22.8 Å². The first-order valence-electron chi connectivity index (χ1n) is 3.20. The number of nitrogens with two attached hydrogens (primary N) is 1. The lowest BCUT2D eigenvalue weighted by molar-refractivity contribution is -0.126. The second kappa shape index (κ2) is 3.21. The van der Waals surface area contributed by atoms with Gasteiger partial charge in [-0.15, -0.1) is 0 Å². The summed E-state index contributed by atoms with van der Waals surface area (Å²) < 4.78 is 4.89. The van der Waals surface area contributed by atoms with Crippen molar-refractivity contribution in [2.24, 2.45) is 5.73 Å². The molecule has 0 saturated heterocycles. The van der Waals surface area contributed by atoms with E-state index in [-0.39, 0.29) is 6.42 Å². The quantitative estimate of drug-likeness (QED) is 0.627. The zero-order valence-electron chi connectivity index (χ0n) is 5.86. The summed E-state index contributed by atoms with van der Waals surface area (Å²) in [5.41, 5.74) is 4.82. The Morgan fingerprint density at radius 2 is 2.55 bits per heavy atom. The molecular formula is C7H9NO3. The Bertz CT molecular complexity index is 230. The van der Waals surface area contributed by atoms with E-state index in [9.17, 15) is 4.79 Å². The molecule has 1 unspecified atom stereocenters. The van der Waals surface area contributed by atoms with Crippen molar-refractivity contribution in [3.8, 4) is 0 Å². The van der Waals surface area contributed by atoms with Gasteiger partial charge < -0.3 is 15.3 Å². The Morgan fingerprint density at radius 3 is 3.00 bits per heavy atom. The predicted molar refractivity (Wildman–Crippen MR) is 37.6 cm³/mol. The lowest BCUT2D eigenvalue weighted by Gasteiger charge is -2.01. The maximum atomic E-state index is 10.4. The number of hydrogen-bond acceptors (Lipinski definition) is 3. The van der Waals surface area contributed by atoms with Gasteiger partial charge in [-0.25, -0.2) is 0 Å². The Kier molecular flexibility index (Phi) is 2.28. The van der Waals surface area contributed by atoms with E-state index in [1.165, 1.54) is 6.26 Å². The van der Waals surface area contributed by atoms with Crippen LogP contribution in [0.2, 0.25) is 0 Å². The standard InChI is InChI=1S/C7H9NO3/c8-7(10)6(9)4-5-2-1-3-11-5/h1-3,6,9H,4H2,(H2,8,10). The van der Waals surface area contributed by atoms with Gasteiger partial charge >= 0.3 is 0 Å². The monoisotopic (exact) mass is 155 g/mol. The lowest BCUT2D eigenvalue weighted by atomic mass is 10.2. The fourth-order valence-corrected chi connectivity index (χ4v) is 0.720. The summed E-state index contributed by atoms with van der Waals surface area (Å²) in [4.78, 5) is 10.4. The topological polar surface area (TPSA) is 76.5 Å². The van der Waals surface area contributed by atoms with Gasteiger partial charge in [0.05, 0.1) is 6.26 Å². The molecular weight excluding hydrogens is 146 g/mol. The molecule has 0 bridgehead atoms. The Labute approximate surface area is 63.6 Å². The second-order valence-corrected chi connectivity index (χ2v) is 2.20. The van der Waals surface area contributed by atoms with Crippen LogP contribution < -0.4 is 5.73 Å². The van der Waals surface area contributed by atoms with E-state index in [2.05, 4.69) is 0 Å². The van der Waals surface area contributed by atoms with Crippen LogP contribution in [0.4, 0.5) is 0 Å². The molecule has 4 nitrogen and oxygen atoms in total. The van der Waals surface area contributed by atoms with Crippen molar-refractivity contribution in [1.82, 2.24) is 0 Å². The van der Waals surface area contributed by atoms with Crippen LogP contribution in [-0.4, -0.2) is 17.1 Å². The number of hydrogen-bond donors (Lipinski definition) is 2. The smallest absolute Gasteiger partial charge is 0.246 e. The molecule has 0 aliphatic rings. The molecule has 1 aromatic rings. The average Bonchev–Trinajstić information content (AvgIpc) is 2.39. The first kappa shape index (κ1) is 7.81. The molecule has 0 spiro atoms. The van der Waals surface area contributed by atoms with Crippen LogP contribution in [0, 0.1) is 0 Å². The molecule has 0 aliphatic heterocycles. The fourth-order valence-electron chi connectivity index (χ4n) is 0.720. The number of primary amides is 1. The molecule has 0 radical (unpaired) electrons. The zero-order chi connectivity index (χ0) is 8.27. The van der Waals surface area contributed by atoms with Crippen LogP contribution in [0.3, 0.4) is 0 Å². The number of amides is 1. The largest absolute Gasteiger partial charge is 0.469 e. The van der Waals surface area contributed by atoms with Crippen LogP contribution in [0.5, 0.6) is 0 Å². The summed E-state index contributed by atoms with van der Waals surface area (Å²) in [5.74, 6) is -0.183. The van der Waals surface area contributed by atoms with Crippen molar-refractivity contribution in [1.29, 1.82) is 0 Å². The Morgan fingerprint density at radius 1 is 1.82 bits per heavy atom. The highest BCUT2D eigenvalue weighted by molar-refractivity contribution is 5.78. The van der Waals surface area contributed by atoms with Gasteiger partial charge in [-0.3, -0.25) is 4.79 Å². The number of rotatable bonds is 3. The molecule has 60 valence electrons. The van der Waals surface area contributed by atoms with Crippen molar-refractivity contribution in [2.75, 3.05) is 0 Å². The van der Waals surface area contributed by atoms with Crippen LogP contribution in [-0.2, 0) is 11.2 Å². The van der Waals surface area contributed by atoms with Crippen LogP contribution in [0.25, 0.3) is 0 Å². The summed E-state index contributed by atoms with van der Waals surface area (Å²) >= 11 is 0. The molecule has 1 amide bonds. The summed E-state index contributed by atoms with van der Waals surface area (Å²) in [6, 6.07) is 3.36. The number of aliphatic hydroxyl groups excluding tert-OH is 1. The van der Waals surface area contributed by atoms with E-state index in [4.69, 9.17) is 15.3 Å². The molecule has 1 heterocycles. The van der Waals surface area contributed by atoms with Gasteiger partial charge in [0.15, 0.2) is 0 Å². The van der Waals surface area contributed by atoms with E-state index < -0.39 is 12.0 Å². The van der Waals surface area contributed by atoms with Gasteiger partial charge in [0.1, 0.15) is 11.9 Å². The third-order valence-corrected chi connectivity index (χ3v) is 1.30. The highest BCUT2D eigenvalue weighted by Gasteiger charge is 2.12. The van der Waals surface area contributed by atoms with E-state index in [1.54, 1.807) is 12.1 Å². The third-order valence-electron chi connectivity index (χ3n) is 1.30. The number of carbonyl (C=O) groups is 1. The molecule has 0 saturated carbocycles. The average molecular weight is 155 g/mol. The number of aliphatic hydroxyl groups is 1. The maximum Gasteiger partial charge on any atom is 0.246 e. The SMILES string of the molecule is NC(=O)C(O)Cc1ccco1. The molecule has 1 atom stereocenters. The Hall–Kier alpha value is -1.29. The van der Waals surface area contributed by atoms with Gasteiger partial charge in [0.2, 0.25) is 5.91 Å². The van der Waals surface area contributed by atoms with Crippen molar-refractivity contribution in [3.63, 3.8) is 0 Å². The highest BCUT2D eigenvalue weighted by Crippen LogP contribution is 2.03.